The Hall–Kier alpha value is -1.98. The first-order valence-corrected chi connectivity index (χ1v) is 7.36. The molecular formula is C16H18F3N3. The first kappa shape index (κ1) is 14.9. The molecule has 0 spiro atoms. The highest BCUT2D eigenvalue weighted by Crippen LogP contribution is 2.43. The van der Waals surface area contributed by atoms with Crippen molar-refractivity contribution in [2.45, 2.75) is 44.9 Å². The van der Waals surface area contributed by atoms with E-state index in [9.17, 15) is 13.2 Å². The Morgan fingerprint density at radius 1 is 1.27 bits per heavy atom. The molecule has 118 valence electrons. The molecule has 1 aromatic heterocycles. The molecule has 3 rings (SSSR count). The molecule has 6 heteroatoms. The fourth-order valence-electron chi connectivity index (χ4n) is 2.90. The number of halogens is 3. The van der Waals surface area contributed by atoms with Gasteiger partial charge >= 0.3 is 6.18 Å². The summed E-state index contributed by atoms with van der Waals surface area (Å²) in [6, 6.07) is 7.46. The SMILES string of the molecule is CCc1ccc([C@H]2C[C@@H](C(F)(F)F)n3nc(C)cc3N2)cc1. The molecule has 2 atom stereocenters. The van der Waals surface area contributed by atoms with Gasteiger partial charge in [0.05, 0.1) is 11.7 Å². The highest BCUT2D eigenvalue weighted by atomic mass is 19.4. The molecule has 3 nitrogen and oxygen atoms in total. The molecule has 0 fully saturated rings. The Morgan fingerprint density at radius 2 is 1.95 bits per heavy atom. The molecule has 0 amide bonds. The van der Waals surface area contributed by atoms with Crippen molar-refractivity contribution >= 4 is 5.82 Å². The number of aryl methyl sites for hydroxylation is 2. The smallest absolute Gasteiger partial charge is 0.363 e. The minimum absolute atomic E-state index is 0.0525. The molecule has 0 radical (unpaired) electrons. The molecule has 2 aromatic rings. The van der Waals surface area contributed by atoms with Crippen LogP contribution in [0.5, 0.6) is 0 Å². The Bertz CT molecular complexity index is 658. The van der Waals surface area contributed by atoms with Crippen molar-refractivity contribution in [3.63, 3.8) is 0 Å². The summed E-state index contributed by atoms with van der Waals surface area (Å²) < 4.78 is 41.1. The van der Waals surface area contributed by atoms with Gasteiger partial charge in [-0.2, -0.15) is 18.3 Å². The van der Waals surface area contributed by atoms with E-state index in [0.717, 1.165) is 16.7 Å². The van der Waals surface area contributed by atoms with Crippen LogP contribution in [0.1, 0.15) is 42.2 Å². The summed E-state index contributed by atoms with van der Waals surface area (Å²) in [5.41, 5.74) is 2.63. The third-order valence-electron chi connectivity index (χ3n) is 4.10. The summed E-state index contributed by atoms with van der Waals surface area (Å²) in [7, 11) is 0. The minimum atomic E-state index is -4.31. The van der Waals surface area contributed by atoms with E-state index in [2.05, 4.69) is 17.3 Å². The van der Waals surface area contributed by atoms with Crippen molar-refractivity contribution in [1.29, 1.82) is 0 Å². The molecular weight excluding hydrogens is 291 g/mol. The van der Waals surface area contributed by atoms with Crippen LogP contribution in [0.4, 0.5) is 19.0 Å². The fraction of sp³-hybridized carbons (Fsp3) is 0.438. The first-order valence-electron chi connectivity index (χ1n) is 7.36. The zero-order chi connectivity index (χ0) is 15.9. The first-order chi connectivity index (χ1) is 10.4. The largest absolute Gasteiger partial charge is 0.410 e. The quantitative estimate of drug-likeness (QED) is 0.890. The number of hydrogen-bond acceptors (Lipinski definition) is 2. The lowest BCUT2D eigenvalue weighted by Gasteiger charge is -2.33. The molecule has 0 saturated carbocycles. The number of rotatable bonds is 2. The van der Waals surface area contributed by atoms with Crippen LogP contribution in [0.2, 0.25) is 0 Å². The van der Waals surface area contributed by atoms with E-state index in [1.54, 1.807) is 13.0 Å². The van der Waals surface area contributed by atoms with Gasteiger partial charge in [0.25, 0.3) is 0 Å². The zero-order valence-corrected chi connectivity index (χ0v) is 12.5. The predicted octanol–water partition coefficient (Wildman–Crippen LogP) is 4.41. The summed E-state index contributed by atoms with van der Waals surface area (Å²) in [5.74, 6) is 0.427. The van der Waals surface area contributed by atoms with Crippen LogP contribution in [0, 0.1) is 6.92 Å². The van der Waals surface area contributed by atoms with Gasteiger partial charge < -0.3 is 5.32 Å². The predicted molar refractivity (Wildman–Crippen MR) is 78.9 cm³/mol. The fourth-order valence-corrected chi connectivity index (χ4v) is 2.90. The number of fused-ring (bicyclic) bond motifs is 1. The number of aromatic nitrogens is 2. The number of hydrogen-bond donors (Lipinski definition) is 1. The van der Waals surface area contributed by atoms with Crippen LogP contribution in [0.15, 0.2) is 30.3 Å². The molecule has 0 unspecified atom stereocenters. The van der Waals surface area contributed by atoms with Crippen molar-refractivity contribution in [2.24, 2.45) is 0 Å². The van der Waals surface area contributed by atoms with Crippen molar-refractivity contribution in [2.75, 3.05) is 5.32 Å². The van der Waals surface area contributed by atoms with Gasteiger partial charge in [-0.3, -0.25) is 0 Å². The Kier molecular flexibility index (Phi) is 3.62. The molecule has 0 saturated heterocycles. The lowest BCUT2D eigenvalue weighted by Crippen LogP contribution is -2.35. The van der Waals surface area contributed by atoms with E-state index in [1.165, 1.54) is 5.56 Å². The summed E-state index contributed by atoms with van der Waals surface area (Å²) in [6.45, 7) is 3.75. The molecule has 1 aliphatic heterocycles. The maximum atomic E-state index is 13.3. The van der Waals surface area contributed by atoms with Gasteiger partial charge in [-0.15, -0.1) is 0 Å². The molecule has 22 heavy (non-hydrogen) atoms. The summed E-state index contributed by atoms with van der Waals surface area (Å²) >= 11 is 0. The number of nitrogens with zero attached hydrogens (tertiary/aromatic N) is 2. The third-order valence-corrected chi connectivity index (χ3v) is 4.10. The maximum absolute atomic E-state index is 13.3. The molecule has 1 aliphatic rings. The van der Waals surface area contributed by atoms with Crippen LogP contribution in [0.3, 0.4) is 0 Å². The second-order valence-electron chi connectivity index (χ2n) is 5.70. The number of benzene rings is 1. The van der Waals surface area contributed by atoms with E-state index < -0.39 is 12.2 Å². The molecule has 0 aliphatic carbocycles. The van der Waals surface area contributed by atoms with Gasteiger partial charge in [-0.1, -0.05) is 31.2 Å². The monoisotopic (exact) mass is 309 g/mol. The minimum Gasteiger partial charge on any atom is -0.363 e. The topological polar surface area (TPSA) is 29.9 Å². The molecule has 2 heterocycles. The van der Waals surface area contributed by atoms with Gasteiger partial charge in [-0.05, 0) is 24.5 Å². The average molecular weight is 309 g/mol. The van der Waals surface area contributed by atoms with Crippen molar-refractivity contribution < 1.29 is 13.2 Å². The number of nitrogens with one attached hydrogen (secondary N) is 1. The summed E-state index contributed by atoms with van der Waals surface area (Å²) in [6.07, 6.45) is -3.45. The Morgan fingerprint density at radius 3 is 2.55 bits per heavy atom. The summed E-state index contributed by atoms with van der Waals surface area (Å²) in [4.78, 5) is 0. The third kappa shape index (κ3) is 2.69. The van der Waals surface area contributed by atoms with E-state index >= 15 is 0 Å². The number of anilines is 1. The van der Waals surface area contributed by atoms with E-state index in [4.69, 9.17) is 0 Å². The lowest BCUT2D eigenvalue weighted by atomic mass is 9.96. The van der Waals surface area contributed by atoms with Crippen LogP contribution >= 0.6 is 0 Å². The normalized spacial score (nSPS) is 21.3. The van der Waals surface area contributed by atoms with Crippen LogP contribution in [-0.2, 0) is 6.42 Å². The molecule has 1 N–H and O–H groups in total. The number of alkyl halides is 3. The lowest BCUT2D eigenvalue weighted by molar-refractivity contribution is -0.173. The Labute approximate surface area is 127 Å². The Balaban J connectivity index is 1.95. The standard InChI is InChI=1S/C16H18F3N3/c1-3-11-4-6-12(7-5-11)13-9-14(16(17,18)19)22-15(20-13)8-10(2)21-22/h4-8,13-14,20H,3,9H2,1-2H3/t13-,14+/m1/s1. The van der Waals surface area contributed by atoms with Gasteiger partial charge in [0.1, 0.15) is 5.82 Å². The van der Waals surface area contributed by atoms with Gasteiger partial charge in [0.15, 0.2) is 6.04 Å². The van der Waals surface area contributed by atoms with Crippen LogP contribution in [0.25, 0.3) is 0 Å². The van der Waals surface area contributed by atoms with Crippen molar-refractivity contribution in [3.05, 3.63) is 47.2 Å². The van der Waals surface area contributed by atoms with Crippen molar-refractivity contribution in [3.8, 4) is 0 Å². The second kappa shape index (κ2) is 5.34. The maximum Gasteiger partial charge on any atom is 0.410 e. The summed E-state index contributed by atoms with van der Waals surface area (Å²) in [5, 5.41) is 7.16. The van der Waals surface area contributed by atoms with Crippen LogP contribution in [-0.4, -0.2) is 16.0 Å². The van der Waals surface area contributed by atoms with E-state index in [1.807, 2.05) is 24.3 Å². The second-order valence-corrected chi connectivity index (χ2v) is 5.70. The van der Waals surface area contributed by atoms with Crippen LogP contribution < -0.4 is 5.32 Å². The van der Waals surface area contributed by atoms with E-state index in [0.29, 0.717) is 11.5 Å². The van der Waals surface area contributed by atoms with Crippen molar-refractivity contribution in [1.82, 2.24) is 9.78 Å². The average Bonchev–Trinajstić information content (AvgIpc) is 2.85. The highest BCUT2D eigenvalue weighted by molar-refractivity contribution is 5.43. The highest BCUT2D eigenvalue weighted by Gasteiger charge is 2.46. The van der Waals surface area contributed by atoms with Gasteiger partial charge in [-0.25, -0.2) is 4.68 Å². The van der Waals surface area contributed by atoms with E-state index in [-0.39, 0.29) is 12.5 Å². The molecule has 0 bridgehead atoms. The molecule has 1 aromatic carbocycles. The van der Waals surface area contributed by atoms with Gasteiger partial charge in [0.2, 0.25) is 0 Å². The van der Waals surface area contributed by atoms with Gasteiger partial charge in [0, 0.05) is 12.5 Å². The zero-order valence-electron chi connectivity index (χ0n) is 12.5.